The maximum atomic E-state index is 12.5. The fourth-order valence-corrected chi connectivity index (χ4v) is 3.90. The lowest BCUT2D eigenvalue weighted by molar-refractivity contribution is -0.214. The van der Waals surface area contributed by atoms with Crippen LogP contribution in [0.15, 0.2) is 12.2 Å². The van der Waals surface area contributed by atoms with Crippen LogP contribution in [-0.4, -0.2) is 29.4 Å². The molecule has 2 aliphatic heterocycles. The van der Waals surface area contributed by atoms with Gasteiger partial charge >= 0.3 is 6.09 Å². The van der Waals surface area contributed by atoms with Crippen molar-refractivity contribution in [3.05, 3.63) is 12.2 Å². The van der Waals surface area contributed by atoms with E-state index in [-0.39, 0.29) is 24.3 Å². The summed E-state index contributed by atoms with van der Waals surface area (Å²) in [6.45, 7) is 6.70. The molecule has 2 bridgehead atoms. The molecule has 21 heavy (non-hydrogen) atoms. The first kappa shape index (κ1) is 14.9. The molecule has 0 N–H and O–H groups in total. The Balaban J connectivity index is 1.64. The lowest BCUT2D eigenvalue weighted by Gasteiger charge is -2.42. The van der Waals surface area contributed by atoms with Crippen LogP contribution in [0, 0.1) is 17.8 Å². The highest BCUT2D eigenvalue weighted by Crippen LogP contribution is 2.36. The summed E-state index contributed by atoms with van der Waals surface area (Å²) >= 11 is 0. The van der Waals surface area contributed by atoms with Gasteiger partial charge in [-0.05, 0) is 43.4 Å². The number of hydroxylamine groups is 2. The van der Waals surface area contributed by atoms with E-state index < -0.39 is 0 Å². The van der Waals surface area contributed by atoms with Gasteiger partial charge in [-0.15, -0.1) is 0 Å². The Kier molecular flexibility index (Phi) is 4.25. The predicted octanol–water partition coefficient (Wildman–Crippen LogP) is 3.92. The van der Waals surface area contributed by atoms with Crippen LogP contribution in [0.5, 0.6) is 0 Å². The summed E-state index contributed by atoms with van der Waals surface area (Å²) < 4.78 is 5.86. The fourth-order valence-electron chi connectivity index (χ4n) is 3.90. The Hall–Kier alpha value is -1.03. The number of hydrogen-bond donors (Lipinski definition) is 0. The van der Waals surface area contributed by atoms with Crippen LogP contribution in [0.4, 0.5) is 4.79 Å². The van der Waals surface area contributed by atoms with Crippen LogP contribution >= 0.6 is 0 Å². The summed E-state index contributed by atoms with van der Waals surface area (Å²) in [6.07, 6.45) is 9.27. The Morgan fingerprint density at radius 3 is 2.62 bits per heavy atom. The topological polar surface area (TPSA) is 38.8 Å². The lowest BCUT2D eigenvalue weighted by Crippen LogP contribution is -2.50. The van der Waals surface area contributed by atoms with E-state index in [0.717, 1.165) is 25.7 Å². The standard InChI is InChI=1S/C17H27NO3/c1-11(2)15-9-4-12(3)10-16(15)20-17(19)18-13-5-7-14(21-18)8-6-13/h5,7,11-16H,4,6,8-10H2,1-3H3/t12-,13-,14+,15+,16-/m1/s1. The smallest absolute Gasteiger partial charge is 0.434 e. The van der Waals surface area contributed by atoms with Gasteiger partial charge < -0.3 is 4.74 Å². The van der Waals surface area contributed by atoms with E-state index in [1.54, 1.807) is 0 Å². The fraction of sp³-hybridized carbons (Fsp3) is 0.824. The number of carbonyl (C=O) groups is 1. The van der Waals surface area contributed by atoms with Gasteiger partial charge in [-0.25, -0.2) is 4.79 Å². The van der Waals surface area contributed by atoms with Gasteiger partial charge in [0.15, 0.2) is 0 Å². The summed E-state index contributed by atoms with van der Waals surface area (Å²) in [4.78, 5) is 18.2. The third-order valence-corrected chi connectivity index (χ3v) is 5.24. The molecule has 0 aromatic carbocycles. The third-order valence-electron chi connectivity index (χ3n) is 5.24. The van der Waals surface area contributed by atoms with Crippen molar-refractivity contribution in [1.29, 1.82) is 0 Å². The Bertz CT molecular complexity index is 420. The molecule has 1 saturated carbocycles. The minimum atomic E-state index is -0.293. The summed E-state index contributed by atoms with van der Waals surface area (Å²) in [6, 6.07) is 0.0565. The highest BCUT2D eigenvalue weighted by atomic mass is 16.7. The summed E-state index contributed by atoms with van der Waals surface area (Å²) in [5, 5.41) is 1.46. The minimum Gasteiger partial charge on any atom is -0.444 e. The van der Waals surface area contributed by atoms with Gasteiger partial charge in [0.1, 0.15) is 12.2 Å². The van der Waals surface area contributed by atoms with Crippen LogP contribution in [0.2, 0.25) is 0 Å². The van der Waals surface area contributed by atoms with Crippen LogP contribution in [0.3, 0.4) is 0 Å². The van der Waals surface area contributed by atoms with E-state index in [0.29, 0.717) is 17.8 Å². The van der Waals surface area contributed by atoms with Crippen molar-refractivity contribution in [3.63, 3.8) is 0 Å². The van der Waals surface area contributed by atoms with E-state index in [4.69, 9.17) is 9.57 Å². The van der Waals surface area contributed by atoms with E-state index in [9.17, 15) is 4.79 Å². The summed E-state index contributed by atoms with van der Waals surface area (Å²) in [5.41, 5.74) is 0. The number of fused-ring (bicyclic) bond motifs is 2. The number of hydrogen-bond acceptors (Lipinski definition) is 3. The lowest BCUT2D eigenvalue weighted by atomic mass is 9.75. The molecule has 0 radical (unpaired) electrons. The van der Waals surface area contributed by atoms with Crippen molar-refractivity contribution in [2.75, 3.05) is 0 Å². The van der Waals surface area contributed by atoms with Crippen molar-refractivity contribution in [3.8, 4) is 0 Å². The van der Waals surface area contributed by atoms with Crippen molar-refractivity contribution in [1.82, 2.24) is 5.06 Å². The normalized spacial score (nSPS) is 38.9. The number of nitrogens with zero attached hydrogens (tertiary/aromatic N) is 1. The average Bonchev–Trinajstić information content (AvgIpc) is 2.48. The Morgan fingerprint density at radius 1 is 1.24 bits per heavy atom. The van der Waals surface area contributed by atoms with E-state index >= 15 is 0 Å². The second kappa shape index (κ2) is 5.99. The molecule has 4 nitrogen and oxygen atoms in total. The molecule has 0 unspecified atom stereocenters. The molecular weight excluding hydrogens is 266 g/mol. The van der Waals surface area contributed by atoms with E-state index in [1.165, 1.54) is 11.5 Å². The van der Waals surface area contributed by atoms with Crippen molar-refractivity contribution >= 4 is 6.09 Å². The third kappa shape index (κ3) is 3.10. The molecule has 4 aliphatic rings. The first-order valence-corrected chi connectivity index (χ1v) is 8.39. The van der Waals surface area contributed by atoms with Gasteiger partial charge in [-0.2, -0.15) is 5.06 Å². The zero-order chi connectivity index (χ0) is 15.0. The monoisotopic (exact) mass is 293 g/mol. The first-order valence-electron chi connectivity index (χ1n) is 8.39. The molecule has 118 valence electrons. The van der Waals surface area contributed by atoms with Crippen LogP contribution in [0.25, 0.3) is 0 Å². The first-order chi connectivity index (χ1) is 10.0. The van der Waals surface area contributed by atoms with Crippen LogP contribution in [-0.2, 0) is 9.57 Å². The molecule has 4 rings (SSSR count). The summed E-state index contributed by atoms with van der Waals surface area (Å²) in [7, 11) is 0. The van der Waals surface area contributed by atoms with Crippen LogP contribution in [0.1, 0.15) is 52.9 Å². The van der Waals surface area contributed by atoms with Gasteiger partial charge in [-0.3, -0.25) is 4.84 Å². The van der Waals surface area contributed by atoms with E-state index in [2.05, 4.69) is 32.9 Å². The average molecular weight is 293 g/mol. The van der Waals surface area contributed by atoms with E-state index in [1.807, 2.05) is 0 Å². The molecular formula is C17H27NO3. The number of carbonyl (C=O) groups excluding carboxylic acids is 1. The molecule has 2 aliphatic carbocycles. The molecule has 0 aromatic rings. The van der Waals surface area contributed by atoms with Crippen molar-refractivity contribution in [2.24, 2.45) is 17.8 Å². The number of ether oxygens (including phenoxy) is 1. The van der Waals surface area contributed by atoms with Gasteiger partial charge in [0, 0.05) is 0 Å². The molecule has 4 heteroatoms. The van der Waals surface area contributed by atoms with Crippen LogP contribution < -0.4 is 0 Å². The van der Waals surface area contributed by atoms with Gasteiger partial charge in [-0.1, -0.05) is 39.3 Å². The zero-order valence-electron chi connectivity index (χ0n) is 13.3. The SMILES string of the molecule is CC(C)[C@@H]1CC[C@@H](C)C[C@H]1OC(=O)N1O[C@H]2C=C[C@@H]1CC2. The maximum absolute atomic E-state index is 12.5. The zero-order valence-corrected chi connectivity index (χ0v) is 13.3. The molecule has 0 aromatic heterocycles. The summed E-state index contributed by atoms with van der Waals surface area (Å²) in [5.74, 6) is 1.66. The molecule has 2 fully saturated rings. The molecule has 2 heterocycles. The Morgan fingerprint density at radius 2 is 2.05 bits per heavy atom. The highest BCUT2D eigenvalue weighted by molar-refractivity contribution is 5.67. The largest absolute Gasteiger partial charge is 0.444 e. The minimum absolute atomic E-state index is 0.0364. The molecule has 5 atom stereocenters. The maximum Gasteiger partial charge on any atom is 0.434 e. The predicted molar refractivity (Wildman–Crippen MR) is 80.5 cm³/mol. The number of amides is 1. The molecule has 1 amide bonds. The second-order valence-corrected chi connectivity index (χ2v) is 7.25. The van der Waals surface area contributed by atoms with Gasteiger partial charge in [0.25, 0.3) is 0 Å². The van der Waals surface area contributed by atoms with Crippen molar-refractivity contribution in [2.45, 2.75) is 71.1 Å². The second-order valence-electron chi connectivity index (χ2n) is 7.25. The van der Waals surface area contributed by atoms with Crippen molar-refractivity contribution < 1.29 is 14.4 Å². The highest BCUT2D eigenvalue weighted by Gasteiger charge is 2.39. The number of rotatable bonds is 2. The van der Waals surface area contributed by atoms with Gasteiger partial charge in [0.05, 0.1) is 6.04 Å². The molecule has 1 saturated heterocycles. The molecule has 0 spiro atoms. The van der Waals surface area contributed by atoms with Gasteiger partial charge in [0.2, 0.25) is 0 Å². The Labute approximate surface area is 127 Å². The quantitative estimate of drug-likeness (QED) is 0.724.